The molecule has 1 aromatic heterocycles. The normalized spacial score (nSPS) is 10.9. The summed E-state index contributed by atoms with van der Waals surface area (Å²) in [5, 5.41) is 7.55. The zero-order valence-corrected chi connectivity index (χ0v) is 10.9. The van der Waals surface area contributed by atoms with Gasteiger partial charge in [-0.3, -0.25) is 4.68 Å². The van der Waals surface area contributed by atoms with E-state index in [1.807, 2.05) is 6.07 Å². The molecule has 0 unspecified atom stereocenters. The molecule has 19 heavy (non-hydrogen) atoms. The fraction of sp³-hybridized carbons (Fsp3) is 0.357. The number of hydrogen-bond acceptors (Lipinski definition) is 2. The monoisotopic (exact) mass is 265 g/mol. The molecule has 0 spiro atoms. The molecule has 0 radical (unpaired) electrons. The molecule has 0 fully saturated rings. The Kier molecular flexibility index (Phi) is 4.63. The van der Waals surface area contributed by atoms with Crippen LogP contribution in [0.15, 0.2) is 30.5 Å². The summed E-state index contributed by atoms with van der Waals surface area (Å²) in [6.45, 7) is 3.95. The molecular formula is C14H17F2N3. The molecule has 1 heterocycles. The van der Waals surface area contributed by atoms with Crippen LogP contribution < -0.4 is 5.32 Å². The fourth-order valence-electron chi connectivity index (χ4n) is 1.82. The van der Waals surface area contributed by atoms with Gasteiger partial charge in [-0.1, -0.05) is 19.1 Å². The van der Waals surface area contributed by atoms with Crippen molar-refractivity contribution in [3.63, 3.8) is 0 Å². The average molecular weight is 265 g/mol. The molecule has 0 bridgehead atoms. The van der Waals surface area contributed by atoms with E-state index >= 15 is 0 Å². The van der Waals surface area contributed by atoms with Crippen molar-refractivity contribution in [3.8, 4) is 0 Å². The van der Waals surface area contributed by atoms with Crippen molar-refractivity contribution in [2.45, 2.75) is 26.4 Å². The minimum Gasteiger partial charge on any atom is -0.311 e. The molecule has 1 N–H and O–H groups in total. The topological polar surface area (TPSA) is 29.9 Å². The maximum Gasteiger partial charge on any atom is 0.163 e. The van der Waals surface area contributed by atoms with Crippen molar-refractivity contribution in [2.24, 2.45) is 0 Å². The molecule has 0 aliphatic carbocycles. The highest BCUT2D eigenvalue weighted by Gasteiger charge is 2.08. The van der Waals surface area contributed by atoms with E-state index in [1.165, 1.54) is 6.07 Å². The summed E-state index contributed by atoms with van der Waals surface area (Å²) in [7, 11) is 0. The van der Waals surface area contributed by atoms with Crippen molar-refractivity contribution in [2.75, 3.05) is 6.54 Å². The van der Waals surface area contributed by atoms with Gasteiger partial charge >= 0.3 is 0 Å². The number of benzene rings is 1. The van der Waals surface area contributed by atoms with Crippen LogP contribution in [0.4, 0.5) is 8.78 Å². The Bertz CT molecular complexity index is 537. The zero-order valence-electron chi connectivity index (χ0n) is 10.9. The van der Waals surface area contributed by atoms with Gasteiger partial charge in [0.2, 0.25) is 0 Å². The first kappa shape index (κ1) is 13.7. The summed E-state index contributed by atoms with van der Waals surface area (Å²) >= 11 is 0. The van der Waals surface area contributed by atoms with Gasteiger partial charge in [-0.2, -0.15) is 5.10 Å². The van der Waals surface area contributed by atoms with E-state index in [0.29, 0.717) is 12.1 Å². The second-order valence-corrected chi connectivity index (χ2v) is 4.39. The van der Waals surface area contributed by atoms with Crippen LogP contribution in [-0.4, -0.2) is 16.3 Å². The van der Waals surface area contributed by atoms with Crippen molar-refractivity contribution in [3.05, 3.63) is 53.4 Å². The van der Waals surface area contributed by atoms with Crippen LogP contribution in [0.1, 0.15) is 24.6 Å². The molecule has 0 aliphatic rings. The first-order chi connectivity index (χ1) is 9.20. The van der Waals surface area contributed by atoms with E-state index in [9.17, 15) is 8.78 Å². The lowest BCUT2D eigenvalue weighted by Crippen LogP contribution is -2.14. The maximum atomic E-state index is 13.5. The molecule has 0 atom stereocenters. The number of aromatic nitrogens is 2. The Morgan fingerprint density at radius 3 is 2.89 bits per heavy atom. The largest absolute Gasteiger partial charge is 0.311 e. The third-order valence-electron chi connectivity index (χ3n) is 2.79. The summed E-state index contributed by atoms with van der Waals surface area (Å²) in [5.41, 5.74) is 1.20. The first-order valence-electron chi connectivity index (χ1n) is 6.36. The van der Waals surface area contributed by atoms with E-state index in [4.69, 9.17) is 0 Å². The number of halogens is 2. The maximum absolute atomic E-state index is 13.5. The first-order valence-corrected chi connectivity index (χ1v) is 6.36. The summed E-state index contributed by atoms with van der Waals surface area (Å²) < 4.78 is 28.2. The lowest BCUT2D eigenvalue weighted by Gasteiger charge is -2.04. The smallest absolute Gasteiger partial charge is 0.163 e. The Balaban J connectivity index is 2.01. The Labute approximate surface area is 111 Å². The zero-order chi connectivity index (χ0) is 13.7. The van der Waals surface area contributed by atoms with Crippen LogP contribution in [-0.2, 0) is 13.1 Å². The predicted molar refractivity (Wildman–Crippen MR) is 69.7 cm³/mol. The van der Waals surface area contributed by atoms with Crippen LogP contribution in [0.2, 0.25) is 0 Å². The van der Waals surface area contributed by atoms with E-state index in [0.717, 1.165) is 24.7 Å². The minimum atomic E-state index is -0.825. The quantitative estimate of drug-likeness (QED) is 0.814. The molecule has 0 saturated carbocycles. The van der Waals surface area contributed by atoms with Crippen molar-refractivity contribution in [1.29, 1.82) is 0 Å². The Morgan fingerprint density at radius 1 is 1.26 bits per heavy atom. The minimum absolute atomic E-state index is 0.234. The highest BCUT2D eigenvalue weighted by Crippen LogP contribution is 2.12. The van der Waals surface area contributed by atoms with Gasteiger partial charge < -0.3 is 5.32 Å². The van der Waals surface area contributed by atoms with Crippen LogP contribution >= 0.6 is 0 Å². The van der Waals surface area contributed by atoms with Crippen molar-refractivity contribution >= 4 is 0 Å². The number of hydrogen-bond donors (Lipinski definition) is 1. The van der Waals surface area contributed by atoms with Crippen LogP contribution in [0, 0.1) is 11.6 Å². The van der Waals surface area contributed by atoms with Crippen LogP contribution in [0.5, 0.6) is 0 Å². The summed E-state index contributed by atoms with van der Waals surface area (Å²) in [6, 6.07) is 6.05. The van der Waals surface area contributed by atoms with Gasteiger partial charge in [0.25, 0.3) is 0 Å². The molecule has 5 heteroatoms. The Hall–Kier alpha value is -1.75. The predicted octanol–water partition coefficient (Wildman–Crippen LogP) is 2.71. The van der Waals surface area contributed by atoms with Gasteiger partial charge in [-0.05, 0) is 25.1 Å². The van der Waals surface area contributed by atoms with E-state index < -0.39 is 11.6 Å². The molecule has 0 aliphatic heterocycles. The summed E-state index contributed by atoms with van der Waals surface area (Å²) in [6.07, 6.45) is 2.84. The van der Waals surface area contributed by atoms with Gasteiger partial charge in [-0.25, -0.2) is 8.78 Å². The molecule has 0 saturated heterocycles. The lowest BCUT2D eigenvalue weighted by atomic mass is 10.2. The van der Waals surface area contributed by atoms with Crippen molar-refractivity contribution in [1.82, 2.24) is 15.1 Å². The van der Waals surface area contributed by atoms with E-state index in [-0.39, 0.29) is 6.54 Å². The Morgan fingerprint density at radius 2 is 2.11 bits per heavy atom. The second kappa shape index (κ2) is 6.43. The lowest BCUT2D eigenvalue weighted by molar-refractivity contribution is 0.491. The standard InChI is InChI=1S/C14H17F2N3/c1-2-7-17-9-12-6-8-19(18-12)10-11-4-3-5-13(15)14(11)16/h3-6,8,17H,2,7,9-10H2,1H3. The number of nitrogens with zero attached hydrogens (tertiary/aromatic N) is 2. The summed E-state index contributed by atoms with van der Waals surface area (Å²) in [4.78, 5) is 0. The average Bonchev–Trinajstić information content (AvgIpc) is 2.83. The number of nitrogens with one attached hydrogen (secondary N) is 1. The van der Waals surface area contributed by atoms with Crippen LogP contribution in [0.3, 0.4) is 0 Å². The highest BCUT2D eigenvalue weighted by molar-refractivity contribution is 5.19. The molecule has 2 rings (SSSR count). The summed E-state index contributed by atoms with van der Waals surface area (Å²) in [5.74, 6) is -1.63. The van der Waals surface area contributed by atoms with Gasteiger partial charge in [0.1, 0.15) is 0 Å². The third kappa shape index (κ3) is 3.61. The molecule has 2 aromatic rings. The molecule has 3 nitrogen and oxygen atoms in total. The van der Waals surface area contributed by atoms with Crippen LogP contribution in [0.25, 0.3) is 0 Å². The van der Waals surface area contributed by atoms with Gasteiger partial charge in [0, 0.05) is 18.3 Å². The van der Waals surface area contributed by atoms with Gasteiger partial charge in [0.15, 0.2) is 11.6 Å². The second-order valence-electron chi connectivity index (χ2n) is 4.39. The van der Waals surface area contributed by atoms with E-state index in [2.05, 4.69) is 17.3 Å². The molecule has 102 valence electrons. The van der Waals surface area contributed by atoms with Gasteiger partial charge in [0.05, 0.1) is 12.2 Å². The SMILES string of the molecule is CCCNCc1ccn(Cc2cccc(F)c2F)n1. The van der Waals surface area contributed by atoms with E-state index in [1.54, 1.807) is 16.9 Å². The van der Waals surface area contributed by atoms with Crippen molar-refractivity contribution < 1.29 is 8.78 Å². The highest BCUT2D eigenvalue weighted by atomic mass is 19.2. The van der Waals surface area contributed by atoms with Gasteiger partial charge in [-0.15, -0.1) is 0 Å². The molecule has 0 amide bonds. The third-order valence-corrected chi connectivity index (χ3v) is 2.79. The molecular weight excluding hydrogens is 248 g/mol. The fourth-order valence-corrected chi connectivity index (χ4v) is 1.82. The number of rotatable bonds is 6. The molecule has 1 aromatic carbocycles.